The molecule has 1 aromatic heterocycles. The average molecular weight is 279 g/mol. The van der Waals surface area contributed by atoms with Gasteiger partial charge >= 0.3 is 0 Å². The predicted octanol–water partition coefficient (Wildman–Crippen LogP) is 3.55. The van der Waals surface area contributed by atoms with Crippen molar-refractivity contribution in [1.29, 1.82) is 0 Å². The van der Waals surface area contributed by atoms with Gasteiger partial charge in [-0.25, -0.2) is 0 Å². The van der Waals surface area contributed by atoms with Crippen molar-refractivity contribution >= 4 is 23.2 Å². The van der Waals surface area contributed by atoms with Crippen molar-refractivity contribution in [1.82, 2.24) is 4.98 Å². The Morgan fingerprint density at radius 1 is 1.32 bits per heavy atom. The number of anilines is 1. The molecule has 4 nitrogen and oxygen atoms in total. The number of carbonyl (C=O) groups excluding carboxylic acids is 1. The summed E-state index contributed by atoms with van der Waals surface area (Å²) in [5.74, 6) is 0.413. The molecule has 0 aliphatic rings. The molecule has 0 bridgehead atoms. The molecule has 100 valence electrons. The molecule has 1 heterocycles. The van der Waals surface area contributed by atoms with Crippen LogP contribution in [0.5, 0.6) is 5.75 Å². The minimum atomic E-state index is -0.164. The summed E-state index contributed by atoms with van der Waals surface area (Å²) in [5.41, 5.74) is 3.06. The zero-order valence-corrected chi connectivity index (χ0v) is 11.8. The third kappa shape index (κ3) is 2.90. The molecule has 2 rings (SSSR count). The van der Waals surface area contributed by atoms with E-state index >= 15 is 0 Å². The number of methoxy groups -OCH3 is 1. The van der Waals surface area contributed by atoms with Crippen molar-refractivity contribution < 1.29 is 9.53 Å². The zero-order chi connectivity index (χ0) is 14.0. The summed E-state index contributed by atoms with van der Waals surface area (Å²) >= 11 is 6.01. The topological polar surface area (TPSA) is 54.1 Å². The van der Waals surface area contributed by atoms with Gasteiger partial charge in [-0.05, 0) is 38.1 Å². The Bertz CT molecular complexity index is 620. The van der Waals surface area contributed by atoms with E-state index in [1.54, 1.807) is 25.3 Å². The van der Waals surface area contributed by atoms with Crippen LogP contribution in [0.1, 0.15) is 21.7 Å². The van der Waals surface area contributed by atoms with E-state index in [0.29, 0.717) is 22.0 Å². The molecule has 19 heavy (non-hydrogen) atoms. The minimum absolute atomic E-state index is 0.164. The molecule has 0 aliphatic carbocycles. The number of carbonyl (C=O) groups is 1. The van der Waals surface area contributed by atoms with E-state index in [9.17, 15) is 4.79 Å². The van der Waals surface area contributed by atoms with Gasteiger partial charge in [0.25, 0.3) is 5.91 Å². The van der Waals surface area contributed by atoms with Gasteiger partial charge in [-0.15, -0.1) is 0 Å². The number of aryl methyl sites for hydroxylation is 2. The largest absolute Gasteiger partial charge is 0.495 e. The fourth-order valence-corrected chi connectivity index (χ4v) is 2.16. The first kappa shape index (κ1) is 13.5. The summed E-state index contributed by atoms with van der Waals surface area (Å²) in [7, 11) is 1.55. The van der Waals surface area contributed by atoms with Crippen LogP contribution in [-0.4, -0.2) is 18.0 Å². The monoisotopic (exact) mass is 278 g/mol. The number of H-pyrrole nitrogens is 1. The Labute approximate surface area is 116 Å². The molecule has 0 saturated heterocycles. The number of nitrogens with one attached hydrogen (secondary N) is 2. The molecule has 1 amide bonds. The molecule has 0 radical (unpaired) electrons. The Balaban J connectivity index is 2.19. The number of amides is 1. The van der Waals surface area contributed by atoms with Gasteiger partial charge < -0.3 is 15.0 Å². The van der Waals surface area contributed by atoms with Crippen LogP contribution in [0.2, 0.25) is 5.02 Å². The lowest BCUT2D eigenvalue weighted by atomic mass is 10.2. The Hall–Kier alpha value is -1.94. The molecule has 0 fully saturated rings. The van der Waals surface area contributed by atoms with Crippen molar-refractivity contribution in [2.24, 2.45) is 0 Å². The summed E-state index contributed by atoms with van der Waals surface area (Å²) in [6, 6.07) is 6.94. The Kier molecular flexibility index (Phi) is 3.81. The first-order chi connectivity index (χ1) is 9.01. The third-order valence-electron chi connectivity index (χ3n) is 2.80. The zero-order valence-electron chi connectivity index (χ0n) is 11.0. The second-order valence-electron chi connectivity index (χ2n) is 4.29. The molecule has 0 atom stereocenters. The van der Waals surface area contributed by atoms with E-state index in [2.05, 4.69) is 10.3 Å². The second kappa shape index (κ2) is 5.36. The summed E-state index contributed by atoms with van der Waals surface area (Å²) in [4.78, 5) is 15.2. The predicted molar refractivity (Wildman–Crippen MR) is 76.2 cm³/mol. The van der Waals surface area contributed by atoms with Crippen LogP contribution in [-0.2, 0) is 0 Å². The molecule has 0 aliphatic heterocycles. The van der Waals surface area contributed by atoms with Gasteiger partial charge in [0.15, 0.2) is 0 Å². The normalized spacial score (nSPS) is 10.3. The van der Waals surface area contributed by atoms with Crippen molar-refractivity contribution in [2.75, 3.05) is 12.4 Å². The molecular formula is C14H15ClN2O2. The molecule has 0 unspecified atom stereocenters. The Morgan fingerprint density at radius 2 is 2.05 bits per heavy atom. The van der Waals surface area contributed by atoms with E-state index in [-0.39, 0.29) is 5.91 Å². The molecule has 2 N–H and O–H groups in total. The van der Waals surface area contributed by atoms with E-state index in [4.69, 9.17) is 16.3 Å². The average Bonchev–Trinajstić information content (AvgIpc) is 2.69. The maximum Gasteiger partial charge on any atom is 0.257 e. The Morgan fingerprint density at radius 3 is 2.58 bits per heavy atom. The molecule has 5 heteroatoms. The lowest BCUT2D eigenvalue weighted by Gasteiger charge is -2.07. The van der Waals surface area contributed by atoms with Crippen LogP contribution >= 0.6 is 11.6 Å². The van der Waals surface area contributed by atoms with E-state index in [1.165, 1.54) is 0 Å². The second-order valence-corrected chi connectivity index (χ2v) is 4.70. The van der Waals surface area contributed by atoms with Gasteiger partial charge in [-0.3, -0.25) is 4.79 Å². The van der Waals surface area contributed by atoms with Crippen LogP contribution in [0, 0.1) is 13.8 Å². The SMILES string of the molecule is COc1ccc(NC(=O)c2cc(C)[nH]c2C)cc1Cl. The number of benzene rings is 1. The molecular weight excluding hydrogens is 264 g/mol. The number of aromatic amines is 1. The highest BCUT2D eigenvalue weighted by molar-refractivity contribution is 6.32. The lowest BCUT2D eigenvalue weighted by molar-refractivity contribution is 0.102. The van der Waals surface area contributed by atoms with Crippen molar-refractivity contribution in [3.63, 3.8) is 0 Å². The van der Waals surface area contributed by atoms with Gasteiger partial charge in [0.2, 0.25) is 0 Å². The van der Waals surface area contributed by atoms with Crippen molar-refractivity contribution in [2.45, 2.75) is 13.8 Å². The third-order valence-corrected chi connectivity index (χ3v) is 3.10. The molecule has 1 aromatic carbocycles. The van der Waals surface area contributed by atoms with Gasteiger partial charge in [0.1, 0.15) is 5.75 Å². The van der Waals surface area contributed by atoms with Crippen LogP contribution < -0.4 is 10.1 Å². The number of hydrogen-bond acceptors (Lipinski definition) is 2. The van der Waals surface area contributed by atoms with Crippen LogP contribution in [0.15, 0.2) is 24.3 Å². The summed E-state index contributed by atoms with van der Waals surface area (Å²) in [6.45, 7) is 3.77. The highest BCUT2D eigenvalue weighted by atomic mass is 35.5. The fraction of sp³-hybridized carbons (Fsp3) is 0.214. The van der Waals surface area contributed by atoms with Crippen LogP contribution in [0.3, 0.4) is 0 Å². The number of hydrogen-bond donors (Lipinski definition) is 2. The molecule has 0 saturated carbocycles. The number of halogens is 1. The van der Waals surface area contributed by atoms with Crippen molar-refractivity contribution in [3.8, 4) is 5.75 Å². The number of aromatic nitrogens is 1. The minimum Gasteiger partial charge on any atom is -0.495 e. The van der Waals surface area contributed by atoms with E-state index in [0.717, 1.165) is 11.4 Å². The first-order valence-corrected chi connectivity index (χ1v) is 6.20. The van der Waals surface area contributed by atoms with Crippen LogP contribution in [0.4, 0.5) is 5.69 Å². The van der Waals surface area contributed by atoms with E-state index < -0.39 is 0 Å². The molecule has 2 aromatic rings. The van der Waals surface area contributed by atoms with Gasteiger partial charge in [-0.2, -0.15) is 0 Å². The summed E-state index contributed by atoms with van der Waals surface area (Å²) < 4.78 is 5.06. The van der Waals surface area contributed by atoms with E-state index in [1.807, 2.05) is 19.9 Å². The van der Waals surface area contributed by atoms with Crippen LogP contribution in [0.25, 0.3) is 0 Å². The molecule has 0 spiro atoms. The van der Waals surface area contributed by atoms with Crippen molar-refractivity contribution in [3.05, 3.63) is 46.2 Å². The lowest BCUT2D eigenvalue weighted by Crippen LogP contribution is -2.12. The maximum atomic E-state index is 12.1. The fourth-order valence-electron chi connectivity index (χ4n) is 1.90. The van der Waals surface area contributed by atoms with Gasteiger partial charge in [0, 0.05) is 17.1 Å². The smallest absolute Gasteiger partial charge is 0.257 e. The highest BCUT2D eigenvalue weighted by Gasteiger charge is 2.12. The maximum absolute atomic E-state index is 12.1. The summed E-state index contributed by atoms with van der Waals surface area (Å²) in [5, 5.41) is 3.27. The number of rotatable bonds is 3. The van der Waals surface area contributed by atoms with Gasteiger partial charge in [-0.1, -0.05) is 11.6 Å². The number of ether oxygens (including phenoxy) is 1. The first-order valence-electron chi connectivity index (χ1n) is 5.82. The van der Waals surface area contributed by atoms with Gasteiger partial charge in [0.05, 0.1) is 17.7 Å². The highest BCUT2D eigenvalue weighted by Crippen LogP contribution is 2.27. The summed E-state index contributed by atoms with van der Waals surface area (Å²) in [6.07, 6.45) is 0. The quantitative estimate of drug-likeness (QED) is 0.902. The standard InChI is InChI=1S/C14H15ClN2O2/c1-8-6-11(9(2)16-8)14(18)17-10-4-5-13(19-3)12(15)7-10/h4-7,16H,1-3H3,(H,17,18).